The Hall–Kier alpha value is -3.16. The maximum Gasteiger partial charge on any atom is 0.334 e. The SMILES string of the molecule is COc1cc(=O)n(Cc2nc(CCc3ccc(C)cc3)no2)c(=O)n1C. The molecule has 0 N–H and O–H groups in total. The van der Waals surface area contributed by atoms with E-state index in [1.54, 1.807) is 0 Å². The van der Waals surface area contributed by atoms with Gasteiger partial charge in [-0.05, 0) is 18.9 Å². The predicted molar refractivity (Wildman–Crippen MR) is 94.5 cm³/mol. The molecule has 3 aromatic rings. The molecule has 0 saturated heterocycles. The van der Waals surface area contributed by atoms with E-state index in [1.807, 2.05) is 6.92 Å². The van der Waals surface area contributed by atoms with Gasteiger partial charge in [0, 0.05) is 13.5 Å². The fourth-order valence-electron chi connectivity index (χ4n) is 2.59. The number of hydrogen-bond acceptors (Lipinski definition) is 6. The van der Waals surface area contributed by atoms with Crippen LogP contribution < -0.4 is 16.0 Å². The summed E-state index contributed by atoms with van der Waals surface area (Å²) in [5, 5.41) is 3.93. The molecular formula is C18H20N4O4. The zero-order valence-electron chi connectivity index (χ0n) is 14.9. The van der Waals surface area contributed by atoms with Crippen LogP contribution in [-0.2, 0) is 26.4 Å². The van der Waals surface area contributed by atoms with E-state index in [0.29, 0.717) is 12.2 Å². The summed E-state index contributed by atoms with van der Waals surface area (Å²) in [7, 11) is 2.93. The lowest BCUT2D eigenvalue weighted by Crippen LogP contribution is -2.39. The molecular weight excluding hydrogens is 336 g/mol. The maximum atomic E-state index is 12.3. The van der Waals surface area contributed by atoms with Crippen LogP contribution in [-0.4, -0.2) is 26.4 Å². The van der Waals surface area contributed by atoms with Gasteiger partial charge in [0.05, 0.1) is 13.2 Å². The van der Waals surface area contributed by atoms with E-state index in [4.69, 9.17) is 9.26 Å². The molecule has 0 unspecified atom stereocenters. The zero-order chi connectivity index (χ0) is 18.7. The smallest absolute Gasteiger partial charge is 0.334 e. The van der Waals surface area contributed by atoms with Crippen molar-refractivity contribution in [3.05, 3.63) is 74.0 Å². The van der Waals surface area contributed by atoms with Crippen molar-refractivity contribution < 1.29 is 9.26 Å². The number of methoxy groups -OCH3 is 1. The highest BCUT2D eigenvalue weighted by molar-refractivity contribution is 5.21. The van der Waals surface area contributed by atoms with Crippen LogP contribution in [0.4, 0.5) is 0 Å². The van der Waals surface area contributed by atoms with Crippen molar-refractivity contribution in [2.24, 2.45) is 7.05 Å². The summed E-state index contributed by atoms with van der Waals surface area (Å²) in [6.45, 7) is 1.97. The van der Waals surface area contributed by atoms with Gasteiger partial charge in [-0.2, -0.15) is 4.98 Å². The molecule has 26 heavy (non-hydrogen) atoms. The second-order valence-electron chi connectivity index (χ2n) is 6.04. The molecule has 136 valence electrons. The molecule has 3 rings (SSSR count). The number of benzene rings is 1. The molecule has 8 nitrogen and oxygen atoms in total. The molecule has 0 fully saturated rings. The van der Waals surface area contributed by atoms with Gasteiger partial charge >= 0.3 is 5.69 Å². The van der Waals surface area contributed by atoms with Crippen molar-refractivity contribution in [2.75, 3.05) is 7.11 Å². The van der Waals surface area contributed by atoms with Crippen LogP contribution >= 0.6 is 0 Å². The Kier molecular flexibility index (Phi) is 5.01. The average molecular weight is 356 g/mol. The van der Waals surface area contributed by atoms with Crippen LogP contribution in [0, 0.1) is 6.92 Å². The highest BCUT2D eigenvalue weighted by Gasteiger charge is 2.13. The van der Waals surface area contributed by atoms with Crippen molar-refractivity contribution in [3.8, 4) is 5.88 Å². The molecule has 2 heterocycles. The van der Waals surface area contributed by atoms with E-state index in [-0.39, 0.29) is 18.3 Å². The van der Waals surface area contributed by atoms with Gasteiger partial charge in [-0.1, -0.05) is 35.0 Å². The first-order valence-electron chi connectivity index (χ1n) is 8.20. The van der Waals surface area contributed by atoms with Crippen molar-refractivity contribution in [1.82, 2.24) is 19.3 Å². The minimum atomic E-state index is -0.506. The highest BCUT2D eigenvalue weighted by Crippen LogP contribution is 2.08. The third kappa shape index (κ3) is 3.74. The van der Waals surface area contributed by atoms with Gasteiger partial charge in [0.2, 0.25) is 11.8 Å². The molecule has 8 heteroatoms. The van der Waals surface area contributed by atoms with Crippen LogP contribution in [0.5, 0.6) is 5.88 Å². The fourth-order valence-corrected chi connectivity index (χ4v) is 2.59. The lowest BCUT2D eigenvalue weighted by Gasteiger charge is -2.08. The molecule has 0 amide bonds. The summed E-state index contributed by atoms with van der Waals surface area (Å²) in [4.78, 5) is 28.7. The molecule has 1 aromatic carbocycles. The molecule has 0 aliphatic rings. The van der Waals surface area contributed by atoms with Gasteiger partial charge in [-0.25, -0.2) is 4.79 Å². The van der Waals surface area contributed by atoms with Crippen LogP contribution in [0.25, 0.3) is 0 Å². The van der Waals surface area contributed by atoms with Gasteiger partial charge in [-0.3, -0.25) is 13.9 Å². The molecule has 2 aromatic heterocycles. The fraction of sp³-hybridized carbons (Fsp3) is 0.333. The summed E-state index contributed by atoms with van der Waals surface area (Å²) in [6.07, 6.45) is 1.39. The molecule has 0 saturated carbocycles. The number of nitrogens with zero attached hydrogens (tertiary/aromatic N) is 4. The normalized spacial score (nSPS) is 10.9. The van der Waals surface area contributed by atoms with Crippen LogP contribution in [0.3, 0.4) is 0 Å². The molecule has 0 aliphatic heterocycles. The second kappa shape index (κ2) is 7.38. The molecule has 0 aliphatic carbocycles. The van der Waals surface area contributed by atoms with Crippen LogP contribution in [0.15, 0.2) is 44.4 Å². The van der Waals surface area contributed by atoms with E-state index < -0.39 is 11.2 Å². The molecule has 0 spiro atoms. The first-order valence-corrected chi connectivity index (χ1v) is 8.20. The van der Waals surface area contributed by atoms with Gasteiger partial charge in [0.25, 0.3) is 5.56 Å². The molecule has 0 radical (unpaired) electrons. The first-order chi connectivity index (χ1) is 12.5. The summed E-state index contributed by atoms with van der Waals surface area (Å²) in [5.74, 6) is 0.952. The Morgan fingerprint density at radius 2 is 1.88 bits per heavy atom. The van der Waals surface area contributed by atoms with Gasteiger partial charge in [-0.15, -0.1) is 0 Å². The third-order valence-electron chi connectivity index (χ3n) is 4.13. The third-order valence-corrected chi connectivity index (χ3v) is 4.13. The second-order valence-corrected chi connectivity index (χ2v) is 6.04. The minimum Gasteiger partial charge on any atom is -0.482 e. The van der Waals surface area contributed by atoms with Gasteiger partial charge in [0.15, 0.2) is 5.82 Å². The van der Waals surface area contributed by atoms with Gasteiger partial charge < -0.3 is 9.26 Å². The van der Waals surface area contributed by atoms with Crippen molar-refractivity contribution >= 4 is 0 Å². The van der Waals surface area contributed by atoms with Crippen molar-refractivity contribution in [1.29, 1.82) is 0 Å². The Morgan fingerprint density at radius 3 is 2.58 bits per heavy atom. The van der Waals surface area contributed by atoms with E-state index in [1.165, 1.54) is 35.9 Å². The Morgan fingerprint density at radius 1 is 1.15 bits per heavy atom. The molecule has 0 bridgehead atoms. The number of aryl methyl sites for hydroxylation is 3. The van der Waals surface area contributed by atoms with E-state index >= 15 is 0 Å². The number of rotatable bonds is 6. The zero-order valence-corrected chi connectivity index (χ0v) is 14.9. The monoisotopic (exact) mass is 356 g/mol. The number of ether oxygens (including phenoxy) is 1. The minimum absolute atomic E-state index is 0.0764. The Bertz CT molecular complexity index is 1010. The summed E-state index contributed by atoms with van der Waals surface area (Å²) in [6, 6.07) is 9.50. The summed E-state index contributed by atoms with van der Waals surface area (Å²) < 4.78 is 12.5. The highest BCUT2D eigenvalue weighted by atomic mass is 16.5. The lowest BCUT2D eigenvalue weighted by atomic mass is 10.1. The van der Waals surface area contributed by atoms with Crippen molar-refractivity contribution in [3.63, 3.8) is 0 Å². The maximum absolute atomic E-state index is 12.3. The summed E-state index contributed by atoms with van der Waals surface area (Å²) in [5.41, 5.74) is 1.41. The van der Waals surface area contributed by atoms with Gasteiger partial charge in [0.1, 0.15) is 6.54 Å². The Balaban J connectivity index is 1.73. The lowest BCUT2D eigenvalue weighted by molar-refractivity contribution is 0.349. The largest absolute Gasteiger partial charge is 0.482 e. The number of aromatic nitrogens is 4. The van der Waals surface area contributed by atoms with E-state index in [2.05, 4.69) is 34.4 Å². The summed E-state index contributed by atoms with van der Waals surface area (Å²) >= 11 is 0. The van der Waals surface area contributed by atoms with Crippen molar-refractivity contribution in [2.45, 2.75) is 26.3 Å². The van der Waals surface area contributed by atoms with E-state index in [9.17, 15) is 9.59 Å². The average Bonchev–Trinajstić information content (AvgIpc) is 3.09. The Labute approximate surface area is 149 Å². The molecule has 0 atom stereocenters. The van der Waals surface area contributed by atoms with E-state index in [0.717, 1.165) is 11.0 Å². The number of hydrogen-bond donors (Lipinski definition) is 0. The predicted octanol–water partition coefficient (Wildman–Crippen LogP) is 1.08. The van der Waals surface area contributed by atoms with Crippen LogP contribution in [0.1, 0.15) is 22.8 Å². The first kappa shape index (κ1) is 17.7. The standard InChI is InChI=1S/C18H20N4O4/c1-12-4-6-13(7-5-12)8-9-14-19-15(26-20-14)11-22-16(23)10-17(25-3)21(2)18(22)24/h4-7,10H,8-9,11H2,1-3H3. The quantitative estimate of drug-likeness (QED) is 0.656. The topological polar surface area (TPSA) is 92.2 Å². The van der Waals surface area contributed by atoms with Crippen LogP contribution in [0.2, 0.25) is 0 Å².